The molecule has 0 aliphatic carbocycles. The highest BCUT2D eigenvalue weighted by molar-refractivity contribution is 5.62. The predicted molar refractivity (Wildman–Crippen MR) is 182 cm³/mol. The van der Waals surface area contributed by atoms with Crippen LogP contribution in [0, 0.1) is 41.5 Å². The Morgan fingerprint density at radius 3 is 1.07 bits per heavy atom. The third-order valence-electron chi connectivity index (χ3n) is 7.30. The van der Waals surface area contributed by atoms with E-state index in [1.54, 1.807) is 0 Å². The number of rotatable bonds is 10. The molecular formula is C40H48. The molecule has 0 amide bonds. The van der Waals surface area contributed by atoms with E-state index in [9.17, 15) is 0 Å². The van der Waals surface area contributed by atoms with Crippen LogP contribution in [0.15, 0.2) is 119 Å². The molecule has 0 N–H and O–H groups in total. The molecule has 2 aromatic rings. The quantitative estimate of drug-likeness (QED) is 0.269. The second-order valence-electron chi connectivity index (χ2n) is 10.9. The van der Waals surface area contributed by atoms with Crippen LogP contribution in [0.1, 0.15) is 72.2 Å². The van der Waals surface area contributed by atoms with Crippen molar-refractivity contribution in [3.8, 4) is 0 Å². The van der Waals surface area contributed by atoms with Gasteiger partial charge in [0.1, 0.15) is 0 Å². The number of aryl methyl sites for hydroxylation is 4. The maximum Gasteiger partial charge on any atom is -0.0195 e. The number of allylic oxidation sites excluding steroid dienone is 16. The molecule has 0 bridgehead atoms. The standard InChI is InChI=1S/C40H48/c1-29(17-13-19-31(3)21-27-39-35(7)25-23-33(5)37(39)9)15-11-12-16-30(2)18-14-20-32(4)22-28-40-36(8)26-24-34(6)38(40)10/h11-28H,1-10H3/b12-11+,17-13+,18-14+,27-21-,28-22+,29-15+,30-16+,31-19+,32-20+. The molecule has 0 heterocycles. The molecule has 0 aromatic heterocycles. The topological polar surface area (TPSA) is 0 Å². The van der Waals surface area contributed by atoms with E-state index in [0.717, 1.165) is 0 Å². The van der Waals surface area contributed by atoms with Crippen LogP contribution in [0.5, 0.6) is 0 Å². The van der Waals surface area contributed by atoms with Crippen LogP contribution >= 0.6 is 0 Å². The van der Waals surface area contributed by atoms with Gasteiger partial charge in [-0.2, -0.15) is 0 Å². The Labute approximate surface area is 245 Å². The zero-order chi connectivity index (χ0) is 29.7. The molecule has 0 aliphatic heterocycles. The van der Waals surface area contributed by atoms with Crippen LogP contribution in [-0.2, 0) is 0 Å². The molecule has 0 aliphatic rings. The molecule has 0 radical (unpaired) electrons. The van der Waals surface area contributed by atoms with Crippen molar-refractivity contribution in [2.24, 2.45) is 0 Å². The van der Waals surface area contributed by atoms with Gasteiger partial charge in [-0.1, -0.05) is 132 Å². The van der Waals surface area contributed by atoms with Crippen molar-refractivity contribution in [2.75, 3.05) is 0 Å². The summed E-state index contributed by atoms with van der Waals surface area (Å²) in [6.45, 7) is 21.6. The monoisotopic (exact) mass is 528 g/mol. The van der Waals surface area contributed by atoms with E-state index in [-0.39, 0.29) is 0 Å². The highest BCUT2D eigenvalue weighted by Crippen LogP contribution is 2.21. The summed E-state index contributed by atoms with van der Waals surface area (Å²) in [6, 6.07) is 8.78. The van der Waals surface area contributed by atoms with Crippen LogP contribution in [0.2, 0.25) is 0 Å². The Kier molecular flexibility index (Phi) is 13.1. The Morgan fingerprint density at radius 1 is 0.400 bits per heavy atom. The van der Waals surface area contributed by atoms with Gasteiger partial charge in [0.2, 0.25) is 0 Å². The summed E-state index contributed by atoms with van der Waals surface area (Å²) in [6.07, 6.45) is 30.1. The second kappa shape index (κ2) is 16.3. The maximum atomic E-state index is 2.23. The van der Waals surface area contributed by atoms with Gasteiger partial charge in [0.15, 0.2) is 0 Å². The summed E-state index contributed by atoms with van der Waals surface area (Å²) in [5.41, 5.74) is 15.5. The van der Waals surface area contributed by atoms with Crippen LogP contribution in [0.3, 0.4) is 0 Å². The van der Waals surface area contributed by atoms with Crippen molar-refractivity contribution >= 4 is 12.2 Å². The minimum absolute atomic E-state index is 1.21. The Morgan fingerprint density at radius 2 is 0.700 bits per heavy atom. The average Bonchev–Trinajstić information content (AvgIpc) is 2.91. The van der Waals surface area contributed by atoms with Gasteiger partial charge in [0.25, 0.3) is 0 Å². The lowest BCUT2D eigenvalue weighted by molar-refractivity contribution is 1.28. The smallest absolute Gasteiger partial charge is 0.0195 e. The molecule has 40 heavy (non-hydrogen) atoms. The molecule has 0 unspecified atom stereocenters. The molecule has 0 saturated heterocycles. The minimum Gasteiger partial charge on any atom is -0.0620 e. The van der Waals surface area contributed by atoms with Gasteiger partial charge >= 0.3 is 0 Å². The predicted octanol–water partition coefficient (Wildman–Crippen LogP) is 11.7. The van der Waals surface area contributed by atoms with Crippen molar-refractivity contribution in [3.63, 3.8) is 0 Å². The highest BCUT2D eigenvalue weighted by Gasteiger charge is 2.02. The van der Waals surface area contributed by atoms with Gasteiger partial charge in [0, 0.05) is 0 Å². The van der Waals surface area contributed by atoms with Crippen LogP contribution in [-0.4, -0.2) is 0 Å². The number of benzene rings is 2. The van der Waals surface area contributed by atoms with Gasteiger partial charge in [-0.3, -0.25) is 0 Å². The number of hydrogen-bond acceptors (Lipinski definition) is 0. The van der Waals surface area contributed by atoms with Crippen molar-refractivity contribution in [3.05, 3.63) is 164 Å². The number of hydrogen-bond donors (Lipinski definition) is 0. The first kappa shape index (κ1) is 32.3. The van der Waals surface area contributed by atoms with E-state index < -0.39 is 0 Å². The van der Waals surface area contributed by atoms with Crippen molar-refractivity contribution < 1.29 is 0 Å². The molecule has 0 spiro atoms. The molecule has 0 nitrogen and oxygen atoms in total. The highest BCUT2D eigenvalue weighted by atomic mass is 14.1. The lowest BCUT2D eigenvalue weighted by Crippen LogP contribution is -1.89. The van der Waals surface area contributed by atoms with Crippen LogP contribution in [0.25, 0.3) is 12.2 Å². The van der Waals surface area contributed by atoms with E-state index >= 15 is 0 Å². The van der Waals surface area contributed by atoms with E-state index in [2.05, 4.69) is 179 Å². The zero-order valence-corrected chi connectivity index (χ0v) is 26.4. The fraction of sp³-hybridized carbons (Fsp3) is 0.250. The summed E-state index contributed by atoms with van der Waals surface area (Å²) in [5, 5.41) is 0. The lowest BCUT2D eigenvalue weighted by atomic mass is 9.97. The van der Waals surface area contributed by atoms with Crippen molar-refractivity contribution in [2.45, 2.75) is 69.2 Å². The maximum absolute atomic E-state index is 2.23. The van der Waals surface area contributed by atoms with E-state index in [0.29, 0.717) is 0 Å². The first-order chi connectivity index (χ1) is 19.0. The van der Waals surface area contributed by atoms with Gasteiger partial charge in [0.05, 0.1) is 0 Å². The summed E-state index contributed by atoms with van der Waals surface area (Å²) in [5.74, 6) is 0. The fourth-order valence-corrected chi connectivity index (χ4v) is 4.23. The van der Waals surface area contributed by atoms with E-state index in [4.69, 9.17) is 0 Å². The molecule has 2 aromatic carbocycles. The molecule has 2 rings (SSSR count). The first-order valence-corrected chi connectivity index (χ1v) is 14.2. The zero-order valence-electron chi connectivity index (χ0n) is 26.4. The summed E-state index contributed by atoms with van der Waals surface area (Å²) in [7, 11) is 0. The molecule has 0 heteroatoms. The van der Waals surface area contributed by atoms with Gasteiger partial charge in [-0.15, -0.1) is 0 Å². The summed E-state index contributed by atoms with van der Waals surface area (Å²) < 4.78 is 0. The molecule has 0 saturated carbocycles. The first-order valence-electron chi connectivity index (χ1n) is 14.2. The van der Waals surface area contributed by atoms with Gasteiger partial charge in [-0.05, 0) is 114 Å². The molecule has 0 fully saturated rings. The molecule has 0 atom stereocenters. The summed E-state index contributed by atoms with van der Waals surface area (Å²) in [4.78, 5) is 0. The Hall–Kier alpha value is -3.90. The largest absolute Gasteiger partial charge is 0.0620 e. The van der Waals surface area contributed by atoms with Gasteiger partial charge < -0.3 is 0 Å². The third kappa shape index (κ3) is 10.7. The molecular weight excluding hydrogens is 480 g/mol. The lowest BCUT2D eigenvalue weighted by Gasteiger charge is -2.08. The SMILES string of the molecule is CC(/C=C\c1c(C)ccc(C)c1C)=C\C=C\C(C)=C\C=C\C=C(C)\C=C\C=C(C)\C=C\c1c(C)ccc(C)c1C. The normalized spacial score (nSPS) is 14.3. The van der Waals surface area contributed by atoms with Crippen molar-refractivity contribution in [1.82, 2.24) is 0 Å². The van der Waals surface area contributed by atoms with E-state index in [1.807, 2.05) is 0 Å². The van der Waals surface area contributed by atoms with Crippen LogP contribution in [0.4, 0.5) is 0 Å². The minimum atomic E-state index is 1.21. The van der Waals surface area contributed by atoms with E-state index in [1.165, 1.54) is 66.8 Å². The van der Waals surface area contributed by atoms with Crippen molar-refractivity contribution in [1.29, 1.82) is 0 Å². The summed E-state index contributed by atoms with van der Waals surface area (Å²) >= 11 is 0. The average molecular weight is 529 g/mol. The Bertz CT molecular complexity index is 1340. The third-order valence-corrected chi connectivity index (χ3v) is 7.30. The Balaban J connectivity index is 1.91. The fourth-order valence-electron chi connectivity index (χ4n) is 4.23. The van der Waals surface area contributed by atoms with Gasteiger partial charge in [-0.25, -0.2) is 0 Å². The second-order valence-corrected chi connectivity index (χ2v) is 10.9. The van der Waals surface area contributed by atoms with Crippen LogP contribution < -0.4 is 0 Å². The molecule has 208 valence electrons.